The van der Waals surface area contributed by atoms with Crippen LogP contribution in [-0.2, 0) is 14.0 Å². The second-order valence-electron chi connectivity index (χ2n) is 7.65. The number of hydrogen-bond donors (Lipinski definition) is 1. The van der Waals surface area contributed by atoms with Gasteiger partial charge in [0.1, 0.15) is 6.10 Å². The van der Waals surface area contributed by atoms with E-state index in [0.717, 1.165) is 0 Å². The Bertz CT molecular complexity index is 763. The molecular formula is C17H29N2O5P. The van der Waals surface area contributed by atoms with E-state index in [4.69, 9.17) is 9.47 Å². The lowest BCUT2D eigenvalue weighted by atomic mass is 9.85. The number of aromatic amines is 1. The highest BCUT2D eigenvalue weighted by Crippen LogP contribution is 2.44. The highest BCUT2D eigenvalue weighted by molar-refractivity contribution is 7.62. The van der Waals surface area contributed by atoms with Crippen LogP contribution >= 0.6 is 7.14 Å². The zero-order chi connectivity index (χ0) is 18.9. The van der Waals surface area contributed by atoms with Crippen molar-refractivity contribution in [2.24, 2.45) is 11.8 Å². The third-order valence-electron chi connectivity index (χ3n) is 4.82. The Hall–Kier alpha value is -1.17. The quantitative estimate of drug-likeness (QED) is 0.772. The predicted molar refractivity (Wildman–Crippen MR) is 98.0 cm³/mol. The van der Waals surface area contributed by atoms with Crippen LogP contribution in [0.15, 0.2) is 15.8 Å². The van der Waals surface area contributed by atoms with Crippen LogP contribution in [0.2, 0.25) is 0 Å². The number of H-pyrrole nitrogens is 1. The van der Waals surface area contributed by atoms with E-state index in [2.05, 4.69) is 18.8 Å². The van der Waals surface area contributed by atoms with E-state index in [9.17, 15) is 14.2 Å². The van der Waals surface area contributed by atoms with E-state index >= 15 is 0 Å². The molecule has 1 aliphatic heterocycles. The smallest absolute Gasteiger partial charge is 0.330 e. The molecule has 0 aromatic carbocycles. The van der Waals surface area contributed by atoms with E-state index in [1.807, 2.05) is 0 Å². The molecular weight excluding hydrogens is 343 g/mol. The van der Waals surface area contributed by atoms with Crippen molar-refractivity contribution in [1.29, 1.82) is 0 Å². The van der Waals surface area contributed by atoms with Crippen LogP contribution in [0.5, 0.6) is 0 Å². The monoisotopic (exact) mass is 372 g/mol. The summed E-state index contributed by atoms with van der Waals surface area (Å²) in [4.78, 5) is 26.2. The van der Waals surface area contributed by atoms with Crippen molar-refractivity contribution in [2.45, 2.75) is 45.6 Å². The molecule has 1 aliphatic rings. The van der Waals surface area contributed by atoms with Crippen molar-refractivity contribution in [3.8, 4) is 0 Å². The summed E-state index contributed by atoms with van der Waals surface area (Å²) < 4.78 is 25.4. The Kier molecular flexibility index (Phi) is 6.13. The van der Waals surface area contributed by atoms with Crippen molar-refractivity contribution in [3.63, 3.8) is 0 Å². The average molecular weight is 372 g/mol. The van der Waals surface area contributed by atoms with E-state index < -0.39 is 24.6 Å². The van der Waals surface area contributed by atoms with Crippen LogP contribution in [-0.4, -0.2) is 48.4 Å². The molecule has 7 nitrogen and oxygen atoms in total. The van der Waals surface area contributed by atoms with E-state index in [1.165, 1.54) is 10.8 Å². The number of rotatable bonds is 6. The standard InChI is InChI=1S/C17H29N2O5P/c1-10(2)13-12(7-8-25(5,6)22)24-16(14(13)23-4)19-9-11(3)15(20)18-17(19)21/h9-10,12-14,16H,7-8H2,1-6H3,(H,18,20,21)/t12-,13-,14-,16-/m1/s1. The first kappa shape index (κ1) is 20.1. The van der Waals surface area contributed by atoms with Gasteiger partial charge in [-0.3, -0.25) is 14.3 Å². The molecule has 1 aromatic heterocycles. The van der Waals surface area contributed by atoms with Gasteiger partial charge in [-0.1, -0.05) is 13.8 Å². The summed E-state index contributed by atoms with van der Waals surface area (Å²) in [5.74, 6) is 0.341. The number of methoxy groups -OCH3 is 1. The molecule has 2 rings (SSSR count). The SMILES string of the molecule is CO[C@@H]1[C@H](C(C)C)[C@@H](CCP(C)(C)=O)O[C@H]1n1cc(C)c(=O)[nH]c1=O. The van der Waals surface area contributed by atoms with Crippen molar-refractivity contribution in [3.05, 3.63) is 32.6 Å². The van der Waals surface area contributed by atoms with Gasteiger partial charge >= 0.3 is 5.69 Å². The molecule has 0 amide bonds. The van der Waals surface area contributed by atoms with Gasteiger partial charge in [0.05, 0.1) is 13.2 Å². The molecule has 0 saturated carbocycles. The molecule has 1 aromatic rings. The van der Waals surface area contributed by atoms with Crippen LogP contribution in [0.4, 0.5) is 0 Å². The summed E-state index contributed by atoms with van der Waals surface area (Å²) in [6, 6.07) is 0. The Labute approximate surface area is 148 Å². The van der Waals surface area contributed by atoms with Gasteiger partial charge in [-0.05, 0) is 32.6 Å². The molecule has 0 radical (unpaired) electrons. The largest absolute Gasteiger partial charge is 0.376 e. The topological polar surface area (TPSA) is 90.4 Å². The zero-order valence-corrected chi connectivity index (χ0v) is 16.7. The summed E-state index contributed by atoms with van der Waals surface area (Å²) >= 11 is 0. The maximum atomic E-state index is 12.3. The number of ether oxygens (including phenoxy) is 2. The lowest BCUT2D eigenvalue weighted by Crippen LogP contribution is -2.38. The number of nitrogens with one attached hydrogen (secondary N) is 1. The number of nitrogens with zero attached hydrogens (tertiary/aromatic N) is 1. The highest BCUT2D eigenvalue weighted by atomic mass is 31.2. The van der Waals surface area contributed by atoms with E-state index in [-0.39, 0.29) is 24.0 Å². The van der Waals surface area contributed by atoms with Gasteiger partial charge in [-0.25, -0.2) is 4.79 Å². The van der Waals surface area contributed by atoms with Crippen LogP contribution in [0.25, 0.3) is 0 Å². The Balaban J connectivity index is 2.39. The maximum absolute atomic E-state index is 12.3. The first-order valence-electron chi connectivity index (χ1n) is 8.59. The highest BCUT2D eigenvalue weighted by Gasteiger charge is 2.47. The van der Waals surface area contributed by atoms with Gasteiger partial charge in [0.2, 0.25) is 0 Å². The first-order chi connectivity index (χ1) is 11.5. The second-order valence-corrected chi connectivity index (χ2v) is 11.2. The fourth-order valence-corrected chi connectivity index (χ4v) is 4.41. The summed E-state index contributed by atoms with van der Waals surface area (Å²) in [5, 5.41) is 0. The van der Waals surface area contributed by atoms with Crippen LogP contribution in [0, 0.1) is 18.8 Å². The minimum Gasteiger partial charge on any atom is -0.376 e. The van der Waals surface area contributed by atoms with Gasteiger partial charge in [-0.2, -0.15) is 0 Å². The van der Waals surface area contributed by atoms with Crippen molar-refractivity contribution in [2.75, 3.05) is 26.6 Å². The Morgan fingerprint density at radius 2 is 2.00 bits per heavy atom. The molecule has 4 atom stereocenters. The lowest BCUT2D eigenvalue weighted by Gasteiger charge is -2.26. The third-order valence-corrected chi connectivity index (χ3v) is 6.15. The molecule has 0 bridgehead atoms. The van der Waals surface area contributed by atoms with Crippen LogP contribution in [0.3, 0.4) is 0 Å². The number of hydrogen-bond acceptors (Lipinski definition) is 5. The summed E-state index contributed by atoms with van der Waals surface area (Å²) in [6.07, 6.45) is 1.67. The Morgan fingerprint density at radius 1 is 1.36 bits per heavy atom. The van der Waals surface area contributed by atoms with Gasteiger partial charge in [0.15, 0.2) is 6.23 Å². The van der Waals surface area contributed by atoms with Crippen LogP contribution < -0.4 is 11.2 Å². The number of aromatic nitrogens is 2. The van der Waals surface area contributed by atoms with Gasteiger partial charge < -0.3 is 14.0 Å². The molecule has 0 spiro atoms. The molecule has 2 heterocycles. The minimum absolute atomic E-state index is 0.0701. The Morgan fingerprint density at radius 3 is 2.52 bits per heavy atom. The fourth-order valence-electron chi connectivity index (χ4n) is 3.53. The van der Waals surface area contributed by atoms with Crippen molar-refractivity contribution < 1.29 is 14.0 Å². The fraction of sp³-hybridized carbons (Fsp3) is 0.765. The van der Waals surface area contributed by atoms with Gasteiger partial charge in [0, 0.05) is 30.9 Å². The van der Waals surface area contributed by atoms with E-state index in [0.29, 0.717) is 18.1 Å². The molecule has 1 N–H and O–H groups in total. The number of aryl methyl sites for hydroxylation is 1. The molecule has 142 valence electrons. The molecule has 25 heavy (non-hydrogen) atoms. The molecule has 0 unspecified atom stereocenters. The molecule has 1 saturated heterocycles. The third kappa shape index (κ3) is 4.52. The van der Waals surface area contributed by atoms with Gasteiger partial charge in [0.25, 0.3) is 5.56 Å². The maximum Gasteiger partial charge on any atom is 0.330 e. The zero-order valence-electron chi connectivity index (χ0n) is 15.8. The first-order valence-corrected chi connectivity index (χ1v) is 11.4. The predicted octanol–water partition coefficient (Wildman–Crippen LogP) is 2.04. The van der Waals surface area contributed by atoms with Crippen molar-refractivity contribution in [1.82, 2.24) is 9.55 Å². The van der Waals surface area contributed by atoms with Gasteiger partial charge in [-0.15, -0.1) is 0 Å². The lowest BCUT2D eigenvalue weighted by molar-refractivity contribution is -0.0532. The van der Waals surface area contributed by atoms with E-state index in [1.54, 1.807) is 27.4 Å². The average Bonchev–Trinajstić information content (AvgIpc) is 2.86. The molecule has 1 fully saturated rings. The van der Waals surface area contributed by atoms with Crippen LogP contribution in [0.1, 0.15) is 32.1 Å². The summed E-state index contributed by atoms with van der Waals surface area (Å²) in [6.45, 7) is 9.37. The normalized spacial score (nSPS) is 27.2. The minimum atomic E-state index is -2.16. The summed E-state index contributed by atoms with van der Waals surface area (Å²) in [7, 11) is -0.552. The summed E-state index contributed by atoms with van der Waals surface area (Å²) in [5.41, 5.74) is -0.472. The molecule has 0 aliphatic carbocycles. The molecule has 8 heteroatoms. The second kappa shape index (κ2) is 7.60. The van der Waals surface area contributed by atoms with Crippen molar-refractivity contribution >= 4 is 7.14 Å².